The summed E-state index contributed by atoms with van der Waals surface area (Å²) in [5.74, 6) is 1.28. The van der Waals surface area contributed by atoms with Gasteiger partial charge in [0.05, 0.1) is 5.01 Å². The molecule has 0 radical (unpaired) electrons. The highest BCUT2D eigenvalue weighted by Crippen LogP contribution is 2.29. The molecule has 1 saturated heterocycles. The van der Waals surface area contributed by atoms with E-state index in [1.165, 1.54) is 0 Å². The number of halogens is 3. The molecule has 1 atom stereocenters. The molecule has 1 unspecified atom stereocenters. The molecular weight excluding hydrogens is 339 g/mol. The summed E-state index contributed by atoms with van der Waals surface area (Å²) in [6.07, 6.45) is -2.77. The van der Waals surface area contributed by atoms with Crippen molar-refractivity contribution in [2.75, 3.05) is 39.8 Å². The lowest BCUT2D eigenvalue weighted by molar-refractivity contribution is -0.140. The number of rotatable bonds is 6. The predicted octanol–water partition coefficient (Wildman–Crippen LogP) is 2.21. The van der Waals surface area contributed by atoms with Crippen molar-refractivity contribution in [2.24, 2.45) is 10.9 Å². The first-order valence-electron chi connectivity index (χ1n) is 8.10. The minimum absolute atomic E-state index is 0.442. The number of guanidine groups is 1. The van der Waals surface area contributed by atoms with Crippen LogP contribution >= 0.6 is 11.3 Å². The topological polar surface area (TPSA) is 52.6 Å². The Kier molecular flexibility index (Phi) is 6.85. The molecule has 0 amide bonds. The normalized spacial score (nSPS) is 19.7. The van der Waals surface area contributed by atoms with E-state index in [2.05, 4.69) is 32.6 Å². The molecule has 2 rings (SSSR count). The van der Waals surface area contributed by atoms with Gasteiger partial charge in [-0.25, -0.2) is 4.98 Å². The van der Waals surface area contributed by atoms with Gasteiger partial charge in [-0.05, 0) is 32.9 Å². The van der Waals surface area contributed by atoms with E-state index in [0.29, 0.717) is 29.9 Å². The average molecular weight is 363 g/mol. The van der Waals surface area contributed by atoms with Crippen LogP contribution < -0.4 is 10.6 Å². The minimum Gasteiger partial charge on any atom is -0.357 e. The summed E-state index contributed by atoms with van der Waals surface area (Å²) in [5.41, 5.74) is -0.812. The summed E-state index contributed by atoms with van der Waals surface area (Å²) >= 11 is 1.04. The standard InChI is InChI=1S/C15H24F3N5S/c1-3-19-14(21-8-11-5-7-23(2)9-11)20-6-4-13-22-12(10-24-13)15(16,17)18/h10-11H,3-9H2,1-2H3,(H2,19,20,21). The van der Waals surface area contributed by atoms with Crippen LogP contribution in [0.2, 0.25) is 0 Å². The molecule has 0 spiro atoms. The fourth-order valence-corrected chi connectivity index (χ4v) is 3.39. The second-order valence-corrected chi connectivity index (χ2v) is 6.88. The predicted molar refractivity (Wildman–Crippen MR) is 90.4 cm³/mol. The number of thiazole rings is 1. The van der Waals surface area contributed by atoms with Crippen molar-refractivity contribution in [1.82, 2.24) is 20.5 Å². The Labute approximate surface area is 144 Å². The Balaban J connectivity index is 1.79. The van der Waals surface area contributed by atoms with Crippen molar-refractivity contribution in [3.8, 4) is 0 Å². The number of alkyl halides is 3. The van der Waals surface area contributed by atoms with Gasteiger partial charge in [-0.15, -0.1) is 11.3 Å². The quantitative estimate of drug-likeness (QED) is 0.601. The van der Waals surface area contributed by atoms with Crippen LogP contribution in [0.5, 0.6) is 0 Å². The molecule has 24 heavy (non-hydrogen) atoms. The maximum Gasteiger partial charge on any atom is 0.434 e. The Morgan fingerprint density at radius 3 is 2.83 bits per heavy atom. The number of aliphatic imine (C=N–C) groups is 1. The summed E-state index contributed by atoms with van der Waals surface area (Å²) in [4.78, 5) is 10.5. The van der Waals surface area contributed by atoms with Crippen LogP contribution in [-0.4, -0.2) is 55.6 Å². The summed E-state index contributed by atoms with van der Waals surface area (Å²) in [5, 5.41) is 7.86. The molecule has 0 aromatic carbocycles. The second kappa shape index (κ2) is 8.66. The summed E-state index contributed by atoms with van der Waals surface area (Å²) < 4.78 is 37.6. The molecule has 2 N–H and O–H groups in total. The van der Waals surface area contributed by atoms with Crippen LogP contribution in [0.15, 0.2) is 10.4 Å². The summed E-state index contributed by atoms with van der Waals surface area (Å²) in [6, 6.07) is 0. The van der Waals surface area contributed by atoms with Crippen molar-refractivity contribution in [3.63, 3.8) is 0 Å². The number of aromatic nitrogens is 1. The summed E-state index contributed by atoms with van der Waals surface area (Å²) in [7, 11) is 2.11. The number of nitrogens with one attached hydrogen (secondary N) is 2. The van der Waals surface area contributed by atoms with E-state index in [1.807, 2.05) is 6.92 Å². The zero-order valence-corrected chi connectivity index (χ0v) is 14.8. The van der Waals surface area contributed by atoms with E-state index >= 15 is 0 Å². The molecule has 0 aliphatic carbocycles. The zero-order chi connectivity index (χ0) is 17.6. The lowest BCUT2D eigenvalue weighted by Crippen LogP contribution is -2.38. The van der Waals surface area contributed by atoms with Crippen LogP contribution in [0.3, 0.4) is 0 Å². The molecule has 5 nitrogen and oxygen atoms in total. The minimum atomic E-state index is -4.37. The Morgan fingerprint density at radius 2 is 2.25 bits per heavy atom. The molecule has 136 valence electrons. The molecule has 1 aliphatic rings. The van der Waals surface area contributed by atoms with Gasteiger partial charge in [-0.1, -0.05) is 0 Å². The van der Waals surface area contributed by atoms with Crippen LogP contribution in [-0.2, 0) is 12.6 Å². The van der Waals surface area contributed by atoms with Crippen molar-refractivity contribution < 1.29 is 13.2 Å². The van der Waals surface area contributed by atoms with E-state index in [4.69, 9.17) is 0 Å². The third-order valence-corrected chi connectivity index (χ3v) is 4.72. The average Bonchev–Trinajstić information content (AvgIpc) is 3.13. The smallest absolute Gasteiger partial charge is 0.357 e. The van der Waals surface area contributed by atoms with Crippen molar-refractivity contribution >= 4 is 17.3 Å². The van der Waals surface area contributed by atoms with Gasteiger partial charge in [-0.3, -0.25) is 4.99 Å². The van der Waals surface area contributed by atoms with Crippen molar-refractivity contribution in [2.45, 2.75) is 25.9 Å². The van der Waals surface area contributed by atoms with Gasteiger partial charge in [0.15, 0.2) is 11.7 Å². The first-order chi connectivity index (χ1) is 11.4. The third kappa shape index (κ3) is 5.94. The van der Waals surface area contributed by atoms with Crippen molar-refractivity contribution in [1.29, 1.82) is 0 Å². The molecule has 1 aromatic rings. The first-order valence-corrected chi connectivity index (χ1v) is 8.98. The molecule has 0 saturated carbocycles. The zero-order valence-electron chi connectivity index (χ0n) is 14.0. The number of nitrogens with zero attached hydrogens (tertiary/aromatic N) is 3. The van der Waals surface area contributed by atoms with Gasteiger partial charge in [0.1, 0.15) is 0 Å². The highest BCUT2D eigenvalue weighted by atomic mass is 32.1. The van der Waals surface area contributed by atoms with Gasteiger partial charge in [0, 0.05) is 38.0 Å². The molecule has 9 heteroatoms. The molecular formula is C15H24F3N5S. The Hall–Kier alpha value is -1.35. The fraction of sp³-hybridized carbons (Fsp3) is 0.733. The maximum absolute atomic E-state index is 12.5. The lowest BCUT2D eigenvalue weighted by Gasteiger charge is -2.12. The maximum atomic E-state index is 12.5. The van der Waals surface area contributed by atoms with Gasteiger partial charge in [0.2, 0.25) is 0 Å². The fourth-order valence-electron chi connectivity index (χ4n) is 2.58. The number of hydrogen-bond acceptors (Lipinski definition) is 4. The largest absolute Gasteiger partial charge is 0.434 e. The number of likely N-dealkylation sites (tertiary alicyclic amines) is 1. The van der Waals surface area contributed by atoms with E-state index < -0.39 is 11.9 Å². The van der Waals surface area contributed by atoms with Gasteiger partial charge in [0.25, 0.3) is 0 Å². The van der Waals surface area contributed by atoms with Gasteiger partial charge in [-0.2, -0.15) is 13.2 Å². The number of hydrogen-bond donors (Lipinski definition) is 2. The Morgan fingerprint density at radius 1 is 1.46 bits per heavy atom. The molecule has 1 aromatic heterocycles. The molecule has 1 aliphatic heterocycles. The van der Waals surface area contributed by atoms with E-state index in [-0.39, 0.29) is 0 Å². The first kappa shape index (κ1) is 19.0. The van der Waals surface area contributed by atoms with E-state index in [9.17, 15) is 13.2 Å². The molecule has 1 fully saturated rings. The van der Waals surface area contributed by atoms with Crippen LogP contribution in [0.25, 0.3) is 0 Å². The van der Waals surface area contributed by atoms with Crippen LogP contribution in [0.1, 0.15) is 24.0 Å². The van der Waals surface area contributed by atoms with Crippen LogP contribution in [0, 0.1) is 5.92 Å². The molecule has 0 bridgehead atoms. The van der Waals surface area contributed by atoms with Crippen molar-refractivity contribution in [3.05, 3.63) is 16.1 Å². The van der Waals surface area contributed by atoms with Crippen LogP contribution in [0.4, 0.5) is 13.2 Å². The second-order valence-electron chi connectivity index (χ2n) is 5.94. The highest BCUT2D eigenvalue weighted by Gasteiger charge is 2.33. The monoisotopic (exact) mass is 363 g/mol. The molecule has 2 heterocycles. The van der Waals surface area contributed by atoms with Gasteiger partial charge < -0.3 is 15.5 Å². The SMILES string of the molecule is CCNC(=NCC1CCN(C)C1)NCCc1nc(C(F)(F)F)cs1. The third-order valence-electron chi connectivity index (χ3n) is 3.81. The lowest BCUT2D eigenvalue weighted by atomic mass is 10.1. The highest BCUT2D eigenvalue weighted by molar-refractivity contribution is 7.09. The van der Waals surface area contributed by atoms with E-state index in [0.717, 1.165) is 49.3 Å². The Bertz CT molecular complexity index is 543. The van der Waals surface area contributed by atoms with E-state index in [1.54, 1.807) is 0 Å². The summed E-state index contributed by atoms with van der Waals surface area (Å²) in [6.45, 7) is 6.15. The van der Waals surface area contributed by atoms with Gasteiger partial charge >= 0.3 is 6.18 Å².